The molecule has 4 aromatic rings. The fraction of sp³-hybridized carbons (Fsp3) is 0. The average molecular weight is 366 g/mol. The minimum atomic E-state index is -0.0655. The zero-order valence-corrected chi connectivity index (χ0v) is 15.0. The SMILES string of the molecule is O=C(c1ccccc1)c1cccc(-c2ccc(O)cc2)c1-c1ccc(O)cc1. The van der Waals surface area contributed by atoms with Crippen LogP contribution in [0.15, 0.2) is 97.1 Å². The number of carbonyl (C=O) groups is 1. The van der Waals surface area contributed by atoms with Gasteiger partial charge in [0.25, 0.3) is 0 Å². The van der Waals surface area contributed by atoms with Crippen molar-refractivity contribution in [3.63, 3.8) is 0 Å². The van der Waals surface area contributed by atoms with Gasteiger partial charge in [0.05, 0.1) is 0 Å². The molecule has 136 valence electrons. The van der Waals surface area contributed by atoms with Gasteiger partial charge >= 0.3 is 0 Å². The number of benzene rings is 4. The first-order valence-electron chi connectivity index (χ1n) is 8.95. The van der Waals surface area contributed by atoms with E-state index in [1.807, 2.05) is 48.5 Å². The molecule has 0 aliphatic rings. The Kier molecular flexibility index (Phi) is 4.65. The average Bonchev–Trinajstić information content (AvgIpc) is 2.74. The summed E-state index contributed by atoms with van der Waals surface area (Å²) in [7, 11) is 0. The van der Waals surface area contributed by atoms with Crippen LogP contribution in [0.3, 0.4) is 0 Å². The molecule has 0 atom stereocenters. The van der Waals surface area contributed by atoms with E-state index < -0.39 is 0 Å². The van der Waals surface area contributed by atoms with Crippen molar-refractivity contribution < 1.29 is 15.0 Å². The van der Waals surface area contributed by atoms with Crippen LogP contribution in [0.4, 0.5) is 0 Å². The molecule has 3 heteroatoms. The third kappa shape index (κ3) is 3.38. The van der Waals surface area contributed by atoms with Gasteiger partial charge in [-0.2, -0.15) is 0 Å². The van der Waals surface area contributed by atoms with Crippen LogP contribution >= 0.6 is 0 Å². The molecule has 0 aromatic heterocycles. The lowest BCUT2D eigenvalue weighted by Crippen LogP contribution is -2.04. The van der Waals surface area contributed by atoms with Gasteiger partial charge in [-0.25, -0.2) is 0 Å². The predicted molar refractivity (Wildman–Crippen MR) is 111 cm³/mol. The molecule has 0 unspecified atom stereocenters. The number of hydrogen-bond acceptors (Lipinski definition) is 3. The van der Waals surface area contributed by atoms with Gasteiger partial charge in [-0.3, -0.25) is 4.79 Å². The molecule has 4 rings (SSSR count). The van der Waals surface area contributed by atoms with Crippen molar-refractivity contribution in [3.05, 3.63) is 108 Å². The van der Waals surface area contributed by atoms with Crippen molar-refractivity contribution >= 4 is 5.78 Å². The normalized spacial score (nSPS) is 10.6. The Morgan fingerprint density at radius 1 is 0.571 bits per heavy atom. The van der Waals surface area contributed by atoms with Gasteiger partial charge in [0.15, 0.2) is 5.78 Å². The maximum atomic E-state index is 13.3. The molecule has 3 nitrogen and oxygen atoms in total. The van der Waals surface area contributed by atoms with E-state index in [1.54, 1.807) is 48.5 Å². The summed E-state index contributed by atoms with van der Waals surface area (Å²) in [6, 6.07) is 28.5. The second-order valence-corrected chi connectivity index (χ2v) is 6.52. The molecule has 4 aromatic carbocycles. The Bertz CT molecular complexity index is 1110. The minimum absolute atomic E-state index is 0.0655. The Morgan fingerprint density at radius 2 is 1.14 bits per heavy atom. The highest BCUT2D eigenvalue weighted by molar-refractivity contribution is 6.14. The number of ketones is 1. The van der Waals surface area contributed by atoms with Crippen molar-refractivity contribution in [1.82, 2.24) is 0 Å². The van der Waals surface area contributed by atoms with Crippen LogP contribution in [-0.4, -0.2) is 16.0 Å². The Hall–Kier alpha value is -3.85. The summed E-state index contributed by atoms with van der Waals surface area (Å²) < 4.78 is 0. The summed E-state index contributed by atoms with van der Waals surface area (Å²) >= 11 is 0. The molecule has 2 N–H and O–H groups in total. The van der Waals surface area contributed by atoms with Crippen molar-refractivity contribution in [2.45, 2.75) is 0 Å². The second-order valence-electron chi connectivity index (χ2n) is 6.52. The third-order valence-electron chi connectivity index (χ3n) is 4.68. The smallest absolute Gasteiger partial charge is 0.193 e. The maximum Gasteiger partial charge on any atom is 0.193 e. The van der Waals surface area contributed by atoms with E-state index in [-0.39, 0.29) is 17.3 Å². The highest BCUT2D eigenvalue weighted by Gasteiger charge is 2.18. The molecule has 0 amide bonds. The van der Waals surface area contributed by atoms with E-state index in [0.29, 0.717) is 11.1 Å². The number of phenols is 2. The lowest BCUT2D eigenvalue weighted by Gasteiger charge is -2.15. The molecule has 0 saturated heterocycles. The second kappa shape index (κ2) is 7.41. The fourth-order valence-electron chi connectivity index (χ4n) is 3.31. The van der Waals surface area contributed by atoms with E-state index in [1.165, 1.54) is 0 Å². The summed E-state index contributed by atoms with van der Waals surface area (Å²) in [6.45, 7) is 0. The summed E-state index contributed by atoms with van der Waals surface area (Å²) in [6.07, 6.45) is 0. The number of carbonyl (C=O) groups excluding carboxylic acids is 1. The number of aromatic hydroxyl groups is 2. The largest absolute Gasteiger partial charge is 0.508 e. The Balaban J connectivity index is 1.96. The lowest BCUT2D eigenvalue weighted by atomic mass is 9.87. The van der Waals surface area contributed by atoms with Crippen molar-refractivity contribution in [2.24, 2.45) is 0 Å². The molecule has 0 fully saturated rings. The summed E-state index contributed by atoms with van der Waals surface area (Å²) in [5.74, 6) is 0.289. The molecule has 0 spiro atoms. The standard InChI is InChI=1S/C25H18O3/c26-20-13-9-17(10-14-20)22-7-4-8-23(25(28)19-5-2-1-3-6-19)24(22)18-11-15-21(27)16-12-18/h1-16,26-27H. The molecule has 28 heavy (non-hydrogen) atoms. The van der Waals surface area contributed by atoms with Crippen LogP contribution in [0.5, 0.6) is 11.5 Å². The van der Waals surface area contributed by atoms with Crippen LogP contribution in [0.2, 0.25) is 0 Å². The first-order valence-corrected chi connectivity index (χ1v) is 8.95. The Morgan fingerprint density at radius 3 is 1.75 bits per heavy atom. The molecule has 0 bridgehead atoms. The zero-order chi connectivity index (χ0) is 19.5. The molecule has 0 saturated carbocycles. The van der Waals surface area contributed by atoms with Gasteiger partial charge in [-0.05, 0) is 41.0 Å². The number of hydrogen-bond donors (Lipinski definition) is 2. The van der Waals surface area contributed by atoms with Crippen LogP contribution in [-0.2, 0) is 0 Å². The first-order chi connectivity index (χ1) is 13.6. The number of phenolic OH excluding ortho intramolecular Hbond substituents is 2. The number of rotatable bonds is 4. The highest BCUT2D eigenvalue weighted by Crippen LogP contribution is 2.37. The van der Waals surface area contributed by atoms with Gasteiger partial charge in [-0.1, -0.05) is 72.8 Å². The van der Waals surface area contributed by atoms with Crippen LogP contribution in [0.1, 0.15) is 15.9 Å². The van der Waals surface area contributed by atoms with Gasteiger partial charge in [-0.15, -0.1) is 0 Å². The quantitative estimate of drug-likeness (QED) is 0.458. The van der Waals surface area contributed by atoms with Gasteiger partial charge in [0.2, 0.25) is 0 Å². The summed E-state index contributed by atoms with van der Waals surface area (Å²) in [4.78, 5) is 13.3. The zero-order valence-electron chi connectivity index (χ0n) is 15.0. The van der Waals surface area contributed by atoms with Gasteiger partial charge < -0.3 is 10.2 Å². The minimum Gasteiger partial charge on any atom is -0.508 e. The van der Waals surface area contributed by atoms with Crippen LogP contribution in [0, 0.1) is 0 Å². The molecule has 0 aliphatic carbocycles. The Labute approximate surface area is 163 Å². The summed E-state index contributed by atoms with van der Waals surface area (Å²) in [5.41, 5.74) is 4.60. The van der Waals surface area contributed by atoms with E-state index in [0.717, 1.165) is 22.3 Å². The monoisotopic (exact) mass is 366 g/mol. The van der Waals surface area contributed by atoms with Gasteiger partial charge in [0.1, 0.15) is 11.5 Å². The predicted octanol–water partition coefficient (Wildman–Crippen LogP) is 5.66. The van der Waals surface area contributed by atoms with E-state index in [2.05, 4.69) is 0 Å². The topological polar surface area (TPSA) is 57.5 Å². The molecule has 0 radical (unpaired) electrons. The van der Waals surface area contributed by atoms with Gasteiger partial charge in [0, 0.05) is 16.7 Å². The molecular formula is C25H18O3. The van der Waals surface area contributed by atoms with E-state index in [9.17, 15) is 15.0 Å². The fourth-order valence-corrected chi connectivity index (χ4v) is 3.31. The van der Waals surface area contributed by atoms with Crippen molar-refractivity contribution in [2.75, 3.05) is 0 Å². The van der Waals surface area contributed by atoms with E-state index in [4.69, 9.17) is 0 Å². The maximum absolute atomic E-state index is 13.3. The summed E-state index contributed by atoms with van der Waals surface area (Å²) in [5, 5.41) is 19.3. The molecule has 0 heterocycles. The molecular weight excluding hydrogens is 348 g/mol. The van der Waals surface area contributed by atoms with Crippen molar-refractivity contribution in [3.8, 4) is 33.8 Å². The highest BCUT2D eigenvalue weighted by atomic mass is 16.3. The molecule has 0 aliphatic heterocycles. The van der Waals surface area contributed by atoms with Crippen molar-refractivity contribution in [1.29, 1.82) is 0 Å². The lowest BCUT2D eigenvalue weighted by molar-refractivity contribution is 0.103. The van der Waals surface area contributed by atoms with Crippen LogP contribution in [0.25, 0.3) is 22.3 Å². The third-order valence-corrected chi connectivity index (χ3v) is 4.68. The van der Waals surface area contributed by atoms with Crippen LogP contribution < -0.4 is 0 Å². The first kappa shape index (κ1) is 17.6. The van der Waals surface area contributed by atoms with E-state index >= 15 is 0 Å².